The van der Waals surface area contributed by atoms with Gasteiger partial charge >= 0.3 is 0 Å². The van der Waals surface area contributed by atoms with E-state index in [0.717, 1.165) is 0 Å². The molecule has 0 fully saturated rings. The van der Waals surface area contributed by atoms with Gasteiger partial charge in [0.15, 0.2) is 0 Å². The summed E-state index contributed by atoms with van der Waals surface area (Å²) in [6.07, 6.45) is 0.483. The number of aromatic hydroxyl groups is 1. The number of hydrogen-bond acceptors (Lipinski definition) is 2. The van der Waals surface area contributed by atoms with Crippen molar-refractivity contribution < 1.29 is 5.11 Å². The lowest BCUT2D eigenvalue weighted by Gasteiger charge is -1.94. The van der Waals surface area contributed by atoms with Gasteiger partial charge in [-0.25, -0.2) is 0 Å². The quantitative estimate of drug-likeness (QED) is 0.269. The minimum absolute atomic E-state index is 0.0850. The molecule has 0 saturated carbocycles. The van der Waals surface area contributed by atoms with E-state index in [9.17, 15) is 5.11 Å². The molecule has 0 unspecified atom stereocenters. The summed E-state index contributed by atoms with van der Waals surface area (Å²) in [4.78, 5) is 2.60. The Bertz CT molecular complexity index is 435. The molecule has 1 aromatic rings. The van der Waals surface area contributed by atoms with Crippen LogP contribution in [0.3, 0.4) is 0 Å². The predicted octanol–water partition coefficient (Wildman–Crippen LogP) is 3.10. The van der Waals surface area contributed by atoms with Crippen molar-refractivity contribution in [2.45, 2.75) is 6.42 Å². The second-order valence-corrected chi connectivity index (χ2v) is 3.14. The zero-order valence-corrected chi connectivity index (χ0v) is 8.57. The second-order valence-electron chi connectivity index (χ2n) is 2.70. The number of phenolic OH excluding ortho intramolecular Hbond substituents is 1. The van der Waals surface area contributed by atoms with E-state index < -0.39 is 0 Å². The van der Waals surface area contributed by atoms with Crippen LogP contribution in [-0.4, -0.2) is 11.7 Å². The standard InChI is InChI=1S/C10H8ClN3O/c11-9-5-8(6-10(15)7-9)3-1-2-4-13-14-12/h5-7,15H,2,4H2. The van der Waals surface area contributed by atoms with Gasteiger partial charge in [0.2, 0.25) is 0 Å². The van der Waals surface area contributed by atoms with Crippen LogP contribution in [0, 0.1) is 11.8 Å². The van der Waals surface area contributed by atoms with E-state index in [0.29, 0.717) is 23.6 Å². The van der Waals surface area contributed by atoms with Crippen LogP contribution in [0.5, 0.6) is 5.75 Å². The zero-order valence-electron chi connectivity index (χ0n) is 7.81. The summed E-state index contributed by atoms with van der Waals surface area (Å²) >= 11 is 5.72. The van der Waals surface area contributed by atoms with Crippen LogP contribution in [0.2, 0.25) is 5.02 Å². The number of hydrogen-bond donors (Lipinski definition) is 1. The molecule has 0 amide bonds. The first-order chi connectivity index (χ1) is 7.22. The molecule has 5 heteroatoms. The maximum atomic E-state index is 9.22. The number of rotatable bonds is 2. The summed E-state index contributed by atoms with van der Waals surface area (Å²) in [6.45, 7) is 0.343. The molecular formula is C10H8ClN3O. The summed E-state index contributed by atoms with van der Waals surface area (Å²) in [7, 11) is 0. The Balaban J connectivity index is 2.67. The highest BCUT2D eigenvalue weighted by atomic mass is 35.5. The Hall–Kier alpha value is -1.82. The molecule has 1 rings (SSSR count). The van der Waals surface area contributed by atoms with Crippen molar-refractivity contribution in [3.8, 4) is 17.6 Å². The van der Waals surface area contributed by atoms with Crippen LogP contribution in [0.25, 0.3) is 10.4 Å². The third-order valence-electron chi connectivity index (χ3n) is 1.52. The van der Waals surface area contributed by atoms with E-state index in [-0.39, 0.29) is 5.75 Å². The second kappa shape index (κ2) is 5.82. The molecule has 1 aromatic carbocycles. The van der Waals surface area contributed by atoms with Gasteiger partial charge in [-0.2, -0.15) is 0 Å². The lowest BCUT2D eigenvalue weighted by atomic mass is 10.2. The number of azide groups is 1. The number of phenols is 1. The summed E-state index contributed by atoms with van der Waals surface area (Å²) in [5, 5.41) is 13.0. The average molecular weight is 222 g/mol. The molecule has 1 N–H and O–H groups in total. The van der Waals surface area contributed by atoms with Crippen LogP contribution >= 0.6 is 11.6 Å². The first-order valence-corrected chi connectivity index (χ1v) is 4.59. The summed E-state index contributed by atoms with van der Waals surface area (Å²) in [5.41, 5.74) is 8.65. The maximum absolute atomic E-state index is 9.22. The molecule has 0 aliphatic heterocycles. The van der Waals surface area contributed by atoms with Gasteiger partial charge in [-0.15, -0.1) is 0 Å². The van der Waals surface area contributed by atoms with Crippen molar-refractivity contribution >= 4 is 11.6 Å². The van der Waals surface area contributed by atoms with Gasteiger partial charge in [-0.1, -0.05) is 28.6 Å². The highest BCUT2D eigenvalue weighted by Crippen LogP contribution is 2.18. The Morgan fingerprint density at radius 1 is 1.47 bits per heavy atom. The normalized spacial score (nSPS) is 8.60. The Kier molecular flexibility index (Phi) is 4.36. The molecule has 0 aliphatic rings. The lowest BCUT2D eigenvalue weighted by molar-refractivity contribution is 0.475. The van der Waals surface area contributed by atoms with Crippen molar-refractivity contribution in [2.24, 2.45) is 5.11 Å². The molecule has 0 radical (unpaired) electrons. The number of halogens is 1. The smallest absolute Gasteiger partial charge is 0.118 e. The molecule has 76 valence electrons. The monoisotopic (exact) mass is 221 g/mol. The topological polar surface area (TPSA) is 69.0 Å². The predicted molar refractivity (Wildman–Crippen MR) is 58.6 cm³/mol. The van der Waals surface area contributed by atoms with Crippen molar-refractivity contribution in [3.05, 3.63) is 39.2 Å². The van der Waals surface area contributed by atoms with Gasteiger partial charge < -0.3 is 5.11 Å². The molecule has 0 atom stereocenters. The Labute approximate surface area is 92.1 Å². The van der Waals surface area contributed by atoms with E-state index in [1.54, 1.807) is 6.07 Å². The number of nitrogens with zero attached hydrogens (tertiary/aromatic N) is 3. The van der Waals surface area contributed by atoms with Crippen molar-refractivity contribution in [2.75, 3.05) is 6.54 Å². The van der Waals surface area contributed by atoms with Crippen LogP contribution in [0.4, 0.5) is 0 Å². The molecule has 0 heterocycles. The summed E-state index contributed by atoms with van der Waals surface area (Å²) < 4.78 is 0. The van der Waals surface area contributed by atoms with Crippen LogP contribution < -0.4 is 0 Å². The van der Waals surface area contributed by atoms with Gasteiger partial charge in [-0.3, -0.25) is 0 Å². The minimum atomic E-state index is 0.0850. The molecule has 0 aromatic heterocycles. The average Bonchev–Trinajstić information content (AvgIpc) is 2.16. The van der Waals surface area contributed by atoms with E-state index in [4.69, 9.17) is 17.1 Å². The SMILES string of the molecule is [N-]=[N+]=NCCC#Cc1cc(O)cc(Cl)c1. The fraction of sp³-hybridized carbons (Fsp3) is 0.200. The first kappa shape index (κ1) is 11.3. The lowest BCUT2D eigenvalue weighted by Crippen LogP contribution is -1.77. The van der Waals surface area contributed by atoms with E-state index >= 15 is 0 Å². The van der Waals surface area contributed by atoms with Crippen molar-refractivity contribution in [1.29, 1.82) is 0 Å². The molecule has 4 nitrogen and oxygen atoms in total. The maximum Gasteiger partial charge on any atom is 0.118 e. The van der Waals surface area contributed by atoms with E-state index in [1.807, 2.05) is 0 Å². The van der Waals surface area contributed by atoms with Crippen molar-refractivity contribution in [3.63, 3.8) is 0 Å². The van der Waals surface area contributed by atoms with Gasteiger partial charge in [0.25, 0.3) is 0 Å². The largest absolute Gasteiger partial charge is 0.508 e. The zero-order chi connectivity index (χ0) is 11.1. The van der Waals surface area contributed by atoms with E-state index in [1.165, 1.54) is 12.1 Å². The van der Waals surface area contributed by atoms with Crippen LogP contribution in [0.15, 0.2) is 23.3 Å². The third-order valence-corrected chi connectivity index (χ3v) is 1.73. The highest BCUT2D eigenvalue weighted by Gasteiger charge is 1.94. The minimum Gasteiger partial charge on any atom is -0.508 e. The first-order valence-electron chi connectivity index (χ1n) is 4.21. The summed E-state index contributed by atoms with van der Waals surface area (Å²) in [5.74, 6) is 5.70. The molecule has 0 spiro atoms. The Morgan fingerprint density at radius 2 is 2.27 bits per heavy atom. The van der Waals surface area contributed by atoms with Gasteiger partial charge in [0.1, 0.15) is 5.75 Å². The molecule has 15 heavy (non-hydrogen) atoms. The fourth-order valence-corrected chi connectivity index (χ4v) is 1.19. The van der Waals surface area contributed by atoms with Gasteiger partial charge in [-0.05, 0) is 23.7 Å². The highest BCUT2D eigenvalue weighted by molar-refractivity contribution is 6.30. The molecule has 0 aliphatic carbocycles. The number of benzene rings is 1. The van der Waals surface area contributed by atoms with Gasteiger partial charge in [0.05, 0.1) is 0 Å². The Morgan fingerprint density at radius 3 is 2.93 bits per heavy atom. The molecule has 0 saturated heterocycles. The fourth-order valence-electron chi connectivity index (χ4n) is 0.962. The third kappa shape index (κ3) is 4.28. The van der Waals surface area contributed by atoms with Gasteiger partial charge in [0, 0.05) is 28.5 Å². The molecule has 0 bridgehead atoms. The van der Waals surface area contributed by atoms with E-state index in [2.05, 4.69) is 21.9 Å². The van der Waals surface area contributed by atoms with Crippen molar-refractivity contribution in [1.82, 2.24) is 0 Å². The van der Waals surface area contributed by atoms with Crippen LogP contribution in [-0.2, 0) is 0 Å². The molecular weight excluding hydrogens is 214 g/mol. The van der Waals surface area contributed by atoms with Crippen LogP contribution in [0.1, 0.15) is 12.0 Å². The summed E-state index contributed by atoms with van der Waals surface area (Å²) in [6, 6.07) is 4.61.